The molecule has 0 saturated carbocycles. The number of carboxylic acids is 1. The van der Waals surface area contributed by atoms with E-state index in [-0.39, 0.29) is 0 Å². The maximum atomic E-state index is 10.9. The van der Waals surface area contributed by atoms with Gasteiger partial charge >= 0.3 is 11.9 Å². The van der Waals surface area contributed by atoms with Gasteiger partial charge in [0.05, 0.1) is 0 Å². The molecule has 7 heteroatoms. The number of hydrogen-bond acceptors (Lipinski definition) is 4. The highest BCUT2D eigenvalue weighted by Gasteiger charge is 2.18. The molecular weight excluding hydrogens is 305 g/mol. The van der Waals surface area contributed by atoms with Gasteiger partial charge < -0.3 is 9.84 Å². The van der Waals surface area contributed by atoms with Gasteiger partial charge in [0.15, 0.2) is 6.23 Å². The minimum Gasteiger partial charge on any atom is -0.473 e. The number of hydrogen-bond donors (Lipinski definition) is 2. The summed E-state index contributed by atoms with van der Waals surface area (Å²) in [5, 5.41) is 12.5. The molecule has 0 saturated heterocycles. The number of halogens is 2. The van der Waals surface area contributed by atoms with Crippen molar-refractivity contribution in [2.75, 3.05) is 6.54 Å². The highest BCUT2D eigenvalue weighted by Crippen LogP contribution is 2.21. The van der Waals surface area contributed by atoms with Crippen LogP contribution in [0, 0.1) is 0 Å². The molecule has 0 heterocycles. The Labute approximate surface area is 126 Å². The smallest absolute Gasteiger partial charge is 0.418 e. The molecule has 20 heavy (non-hydrogen) atoms. The van der Waals surface area contributed by atoms with E-state index in [9.17, 15) is 9.59 Å². The van der Waals surface area contributed by atoms with Crippen molar-refractivity contribution >= 4 is 35.1 Å². The second kappa shape index (κ2) is 8.09. The van der Waals surface area contributed by atoms with E-state index in [1.165, 1.54) is 0 Å². The number of ether oxygens (including phenoxy) is 1. The van der Waals surface area contributed by atoms with Gasteiger partial charge in [-0.05, 0) is 30.5 Å². The van der Waals surface area contributed by atoms with Crippen LogP contribution in [0.4, 0.5) is 0 Å². The number of esters is 1. The highest BCUT2D eigenvalue weighted by molar-refractivity contribution is 6.35. The van der Waals surface area contributed by atoms with Crippen LogP contribution < -0.4 is 5.32 Å². The molecule has 1 rings (SSSR count). The zero-order valence-corrected chi connectivity index (χ0v) is 12.4. The Morgan fingerprint density at radius 3 is 2.65 bits per heavy atom. The molecule has 2 N–H and O–H groups in total. The summed E-state index contributed by atoms with van der Waals surface area (Å²) < 4.78 is 4.74. The van der Waals surface area contributed by atoms with Crippen LogP contribution in [0.15, 0.2) is 18.2 Å². The zero-order valence-electron chi connectivity index (χ0n) is 10.9. The first-order valence-electron chi connectivity index (χ1n) is 6.05. The maximum absolute atomic E-state index is 10.9. The van der Waals surface area contributed by atoms with Gasteiger partial charge in [-0.25, -0.2) is 9.59 Å². The Kier molecular flexibility index (Phi) is 6.78. The molecule has 0 spiro atoms. The van der Waals surface area contributed by atoms with E-state index < -0.39 is 18.2 Å². The summed E-state index contributed by atoms with van der Waals surface area (Å²) in [6, 6.07) is 5.21. The molecule has 5 nitrogen and oxygen atoms in total. The highest BCUT2D eigenvalue weighted by atomic mass is 35.5. The fourth-order valence-corrected chi connectivity index (χ4v) is 2.04. The van der Waals surface area contributed by atoms with Gasteiger partial charge in [-0.3, -0.25) is 5.32 Å². The van der Waals surface area contributed by atoms with E-state index in [1.54, 1.807) is 19.1 Å². The Bertz CT molecular complexity index is 493. The normalized spacial score (nSPS) is 11.9. The van der Waals surface area contributed by atoms with Gasteiger partial charge in [0, 0.05) is 16.6 Å². The van der Waals surface area contributed by atoms with Crippen LogP contribution in [0.5, 0.6) is 0 Å². The number of carbonyl (C=O) groups is 2. The van der Waals surface area contributed by atoms with Crippen molar-refractivity contribution in [1.82, 2.24) is 5.32 Å². The van der Waals surface area contributed by atoms with Gasteiger partial charge in [0.25, 0.3) is 0 Å². The van der Waals surface area contributed by atoms with Crippen molar-refractivity contribution in [3.05, 3.63) is 33.8 Å². The fourth-order valence-electron chi connectivity index (χ4n) is 1.54. The van der Waals surface area contributed by atoms with Crippen LogP contribution in [0.25, 0.3) is 0 Å². The molecule has 0 aliphatic carbocycles. The molecule has 1 atom stereocenters. The van der Waals surface area contributed by atoms with Gasteiger partial charge in [-0.15, -0.1) is 0 Å². The maximum Gasteiger partial charge on any atom is 0.418 e. The predicted octanol–water partition coefficient (Wildman–Crippen LogP) is 2.49. The van der Waals surface area contributed by atoms with Gasteiger partial charge in [0.2, 0.25) is 0 Å². The lowest BCUT2D eigenvalue weighted by molar-refractivity contribution is -0.168. The molecule has 0 aliphatic heterocycles. The van der Waals surface area contributed by atoms with E-state index in [4.69, 9.17) is 33.0 Å². The summed E-state index contributed by atoms with van der Waals surface area (Å²) >= 11 is 11.8. The number of carbonyl (C=O) groups excluding carboxylic acids is 1. The largest absolute Gasteiger partial charge is 0.473 e. The van der Waals surface area contributed by atoms with Crippen molar-refractivity contribution in [1.29, 1.82) is 0 Å². The van der Waals surface area contributed by atoms with Crippen molar-refractivity contribution in [3.63, 3.8) is 0 Å². The Balaban J connectivity index is 2.45. The van der Waals surface area contributed by atoms with E-state index in [0.717, 1.165) is 5.56 Å². The van der Waals surface area contributed by atoms with Crippen molar-refractivity contribution < 1.29 is 19.4 Å². The van der Waals surface area contributed by atoms with Crippen LogP contribution in [0.1, 0.15) is 18.9 Å². The summed E-state index contributed by atoms with van der Waals surface area (Å²) in [6.07, 6.45) is 0.439. The number of benzene rings is 1. The van der Waals surface area contributed by atoms with Crippen LogP contribution in [0.2, 0.25) is 10.0 Å². The zero-order chi connectivity index (χ0) is 15.1. The Hall–Kier alpha value is -1.30. The van der Waals surface area contributed by atoms with E-state index in [0.29, 0.717) is 29.4 Å². The van der Waals surface area contributed by atoms with Crippen LogP contribution in [0.3, 0.4) is 0 Å². The third-order valence-electron chi connectivity index (χ3n) is 2.58. The first kappa shape index (κ1) is 16.8. The minimum absolute atomic E-state index is 0.466. The number of nitrogens with one attached hydrogen (secondary N) is 1. The number of carboxylic acid groups (broad SMARTS) is 1. The molecule has 0 fully saturated rings. The van der Waals surface area contributed by atoms with E-state index in [1.807, 2.05) is 6.07 Å². The SMILES string of the molecule is CCC(NCCc1ccc(Cl)cc1Cl)OC(=O)C(=O)O. The molecule has 0 aromatic heterocycles. The Morgan fingerprint density at radius 1 is 1.40 bits per heavy atom. The summed E-state index contributed by atoms with van der Waals surface area (Å²) in [6.45, 7) is 2.27. The van der Waals surface area contributed by atoms with Crippen LogP contribution >= 0.6 is 23.2 Å². The van der Waals surface area contributed by atoms with E-state index >= 15 is 0 Å². The first-order valence-corrected chi connectivity index (χ1v) is 6.80. The molecule has 0 amide bonds. The molecule has 110 valence electrons. The quantitative estimate of drug-likeness (QED) is 0.478. The summed E-state index contributed by atoms with van der Waals surface area (Å²) in [7, 11) is 0. The van der Waals surface area contributed by atoms with Gasteiger partial charge in [-0.1, -0.05) is 36.2 Å². The average Bonchev–Trinajstić information content (AvgIpc) is 2.39. The van der Waals surface area contributed by atoms with Gasteiger partial charge in [0.1, 0.15) is 0 Å². The van der Waals surface area contributed by atoms with Gasteiger partial charge in [-0.2, -0.15) is 0 Å². The van der Waals surface area contributed by atoms with Crippen LogP contribution in [-0.4, -0.2) is 29.8 Å². The lowest BCUT2D eigenvalue weighted by atomic mass is 10.1. The fraction of sp³-hybridized carbons (Fsp3) is 0.385. The third kappa shape index (κ3) is 5.36. The lowest BCUT2D eigenvalue weighted by Crippen LogP contribution is -2.36. The third-order valence-corrected chi connectivity index (χ3v) is 3.16. The van der Waals surface area contributed by atoms with Crippen LogP contribution in [-0.2, 0) is 20.7 Å². The van der Waals surface area contributed by atoms with Crippen molar-refractivity contribution in [2.45, 2.75) is 26.0 Å². The summed E-state index contributed by atoms with van der Waals surface area (Å²) in [4.78, 5) is 21.3. The minimum atomic E-state index is -1.61. The molecule has 1 aromatic carbocycles. The summed E-state index contributed by atoms with van der Waals surface area (Å²) in [5.41, 5.74) is 0.906. The standard InChI is InChI=1S/C13H15Cl2NO4/c1-2-11(20-13(19)12(17)18)16-6-5-8-3-4-9(14)7-10(8)15/h3-4,7,11,16H,2,5-6H2,1H3,(H,17,18). The molecule has 0 aliphatic rings. The molecule has 0 radical (unpaired) electrons. The lowest BCUT2D eigenvalue weighted by Gasteiger charge is -2.16. The van der Waals surface area contributed by atoms with Crippen molar-refractivity contribution in [2.24, 2.45) is 0 Å². The molecule has 1 unspecified atom stereocenters. The number of rotatable bonds is 6. The average molecular weight is 320 g/mol. The van der Waals surface area contributed by atoms with Crippen molar-refractivity contribution in [3.8, 4) is 0 Å². The Morgan fingerprint density at radius 2 is 2.10 bits per heavy atom. The summed E-state index contributed by atoms with van der Waals surface area (Å²) in [5.74, 6) is -2.88. The first-order chi connectivity index (χ1) is 9.43. The molecule has 0 bridgehead atoms. The van der Waals surface area contributed by atoms with E-state index in [2.05, 4.69) is 5.32 Å². The predicted molar refractivity (Wildman–Crippen MR) is 76.0 cm³/mol. The second-order valence-corrected chi connectivity index (χ2v) is 4.89. The molecule has 1 aromatic rings. The second-order valence-electron chi connectivity index (χ2n) is 4.05. The topological polar surface area (TPSA) is 75.6 Å². The number of aliphatic carboxylic acids is 1. The molecular formula is C13H15Cl2NO4. The monoisotopic (exact) mass is 319 g/mol.